The third-order valence-corrected chi connectivity index (χ3v) is 4.06. The van der Waals surface area contributed by atoms with E-state index in [9.17, 15) is 4.79 Å². The molecule has 4 heteroatoms. The molecule has 0 radical (unpaired) electrons. The lowest BCUT2D eigenvalue weighted by molar-refractivity contribution is 0.102. The van der Waals surface area contributed by atoms with E-state index in [2.05, 4.69) is 21.2 Å². The fraction of sp³-hybridized carbons (Fsp3) is 0.133. The average molecular weight is 339 g/mol. The molecule has 19 heavy (non-hydrogen) atoms. The van der Waals surface area contributed by atoms with E-state index >= 15 is 0 Å². The summed E-state index contributed by atoms with van der Waals surface area (Å²) in [6.45, 7) is 3.93. The number of carbonyl (C=O) groups excluding carboxylic acids is 1. The quantitative estimate of drug-likeness (QED) is 0.823. The molecule has 0 aliphatic heterocycles. The van der Waals surface area contributed by atoms with Gasteiger partial charge in [0.25, 0.3) is 5.91 Å². The maximum Gasteiger partial charge on any atom is 0.257 e. The van der Waals surface area contributed by atoms with E-state index in [4.69, 9.17) is 11.6 Å². The van der Waals surface area contributed by atoms with Crippen LogP contribution in [0.25, 0.3) is 0 Å². The highest BCUT2D eigenvalue weighted by Gasteiger charge is 2.11. The molecule has 0 heterocycles. The van der Waals surface area contributed by atoms with Gasteiger partial charge in [-0.05, 0) is 49.2 Å². The molecule has 0 aliphatic carbocycles. The van der Waals surface area contributed by atoms with Gasteiger partial charge in [0.05, 0.1) is 10.6 Å². The summed E-state index contributed by atoms with van der Waals surface area (Å²) < 4.78 is 1.03. The summed E-state index contributed by atoms with van der Waals surface area (Å²) in [4.78, 5) is 12.2. The summed E-state index contributed by atoms with van der Waals surface area (Å²) in [5.74, 6) is -0.199. The van der Waals surface area contributed by atoms with Gasteiger partial charge in [0.1, 0.15) is 0 Å². The number of nitrogens with one attached hydrogen (secondary N) is 1. The Morgan fingerprint density at radius 1 is 1.16 bits per heavy atom. The van der Waals surface area contributed by atoms with Crippen LogP contribution in [0, 0.1) is 13.8 Å². The Morgan fingerprint density at radius 2 is 1.84 bits per heavy atom. The second-order valence-corrected chi connectivity index (χ2v) is 5.61. The smallest absolute Gasteiger partial charge is 0.257 e. The van der Waals surface area contributed by atoms with Gasteiger partial charge in [-0.1, -0.05) is 39.7 Å². The highest BCUT2D eigenvalue weighted by atomic mass is 79.9. The lowest BCUT2D eigenvalue weighted by Gasteiger charge is -2.11. The second kappa shape index (κ2) is 5.76. The molecule has 0 aromatic heterocycles. The number of anilines is 1. The van der Waals surface area contributed by atoms with Crippen molar-refractivity contribution >= 4 is 39.1 Å². The molecule has 1 amide bonds. The summed E-state index contributed by atoms with van der Waals surface area (Å²) in [7, 11) is 0. The predicted octanol–water partition coefficient (Wildman–Crippen LogP) is 4.97. The number of aryl methyl sites for hydroxylation is 2. The van der Waals surface area contributed by atoms with Gasteiger partial charge in [0.15, 0.2) is 0 Å². The molecule has 0 saturated heterocycles. The minimum absolute atomic E-state index is 0.199. The minimum Gasteiger partial charge on any atom is -0.322 e. The van der Waals surface area contributed by atoms with E-state index in [0.717, 1.165) is 21.3 Å². The van der Waals surface area contributed by atoms with E-state index in [1.807, 2.05) is 26.0 Å². The van der Waals surface area contributed by atoms with Crippen molar-refractivity contribution in [2.75, 3.05) is 5.32 Å². The van der Waals surface area contributed by atoms with Crippen molar-refractivity contribution in [3.8, 4) is 0 Å². The van der Waals surface area contributed by atoms with Crippen LogP contribution in [-0.4, -0.2) is 5.91 Å². The van der Waals surface area contributed by atoms with Crippen LogP contribution >= 0.6 is 27.5 Å². The maximum absolute atomic E-state index is 12.2. The van der Waals surface area contributed by atoms with Gasteiger partial charge in [0.2, 0.25) is 0 Å². The first-order chi connectivity index (χ1) is 8.99. The average Bonchev–Trinajstić information content (AvgIpc) is 2.36. The number of rotatable bonds is 2. The molecule has 98 valence electrons. The summed E-state index contributed by atoms with van der Waals surface area (Å²) in [5, 5.41) is 3.34. The molecule has 0 fully saturated rings. The Hall–Kier alpha value is -1.32. The predicted molar refractivity (Wildman–Crippen MR) is 83.0 cm³/mol. The Bertz CT molecular complexity index is 640. The lowest BCUT2D eigenvalue weighted by atomic mass is 10.1. The van der Waals surface area contributed by atoms with Crippen LogP contribution in [0.4, 0.5) is 5.69 Å². The largest absolute Gasteiger partial charge is 0.322 e. The molecule has 0 atom stereocenters. The summed E-state index contributed by atoms with van der Waals surface area (Å²) in [5.41, 5.74) is 3.34. The first-order valence-electron chi connectivity index (χ1n) is 5.81. The van der Waals surface area contributed by atoms with Gasteiger partial charge < -0.3 is 5.32 Å². The molecule has 2 rings (SSSR count). The second-order valence-electron chi connectivity index (χ2n) is 4.35. The van der Waals surface area contributed by atoms with Crippen LogP contribution < -0.4 is 5.32 Å². The molecule has 2 aromatic rings. The van der Waals surface area contributed by atoms with Crippen LogP contribution in [0.3, 0.4) is 0 Å². The van der Waals surface area contributed by atoms with Gasteiger partial charge in [-0.2, -0.15) is 0 Å². The minimum atomic E-state index is -0.199. The molecule has 0 bridgehead atoms. The zero-order valence-corrected chi connectivity index (χ0v) is 13.0. The number of halogens is 2. The van der Waals surface area contributed by atoms with Crippen molar-refractivity contribution in [1.29, 1.82) is 0 Å². The fourth-order valence-corrected chi connectivity index (χ4v) is 2.43. The Balaban J connectivity index is 2.30. The molecule has 0 aliphatic rings. The number of hydrogen-bond donors (Lipinski definition) is 1. The standard InChI is InChI=1S/C15H13BrClNO/c1-9-8-14(10(2)7-12(9)16)18-15(19)11-5-3-4-6-13(11)17/h3-8H,1-2H3,(H,18,19). The Kier molecular flexibility index (Phi) is 4.27. The Morgan fingerprint density at radius 3 is 2.53 bits per heavy atom. The molecule has 0 unspecified atom stereocenters. The van der Waals surface area contributed by atoms with E-state index < -0.39 is 0 Å². The molecule has 0 spiro atoms. The fourth-order valence-electron chi connectivity index (χ4n) is 1.75. The third kappa shape index (κ3) is 3.17. The van der Waals surface area contributed by atoms with E-state index in [1.165, 1.54) is 0 Å². The van der Waals surface area contributed by atoms with Gasteiger partial charge in [0, 0.05) is 10.2 Å². The van der Waals surface area contributed by atoms with Crippen LogP contribution in [0.15, 0.2) is 40.9 Å². The molecule has 2 nitrogen and oxygen atoms in total. The van der Waals surface area contributed by atoms with Crippen LogP contribution in [0.1, 0.15) is 21.5 Å². The maximum atomic E-state index is 12.2. The van der Waals surface area contributed by atoms with E-state index in [1.54, 1.807) is 24.3 Å². The number of benzene rings is 2. The van der Waals surface area contributed by atoms with Gasteiger partial charge in [-0.3, -0.25) is 4.79 Å². The van der Waals surface area contributed by atoms with E-state index in [-0.39, 0.29) is 5.91 Å². The highest BCUT2D eigenvalue weighted by Crippen LogP contribution is 2.25. The normalized spacial score (nSPS) is 10.3. The van der Waals surface area contributed by atoms with Crippen molar-refractivity contribution in [2.45, 2.75) is 13.8 Å². The third-order valence-electron chi connectivity index (χ3n) is 2.87. The zero-order chi connectivity index (χ0) is 14.0. The van der Waals surface area contributed by atoms with Crippen molar-refractivity contribution in [3.63, 3.8) is 0 Å². The first-order valence-corrected chi connectivity index (χ1v) is 6.99. The molecule has 1 N–H and O–H groups in total. The van der Waals surface area contributed by atoms with Gasteiger partial charge in [-0.15, -0.1) is 0 Å². The number of carbonyl (C=O) groups is 1. The van der Waals surface area contributed by atoms with Crippen LogP contribution in [0.5, 0.6) is 0 Å². The van der Waals surface area contributed by atoms with Crippen molar-refractivity contribution in [3.05, 3.63) is 62.6 Å². The van der Waals surface area contributed by atoms with E-state index in [0.29, 0.717) is 10.6 Å². The van der Waals surface area contributed by atoms with Crippen molar-refractivity contribution in [2.24, 2.45) is 0 Å². The number of amides is 1. The molecule has 2 aromatic carbocycles. The first kappa shape index (κ1) is 14.1. The van der Waals surface area contributed by atoms with Gasteiger partial charge >= 0.3 is 0 Å². The lowest BCUT2D eigenvalue weighted by Crippen LogP contribution is -2.13. The van der Waals surface area contributed by atoms with Crippen LogP contribution in [-0.2, 0) is 0 Å². The molecule has 0 saturated carbocycles. The summed E-state index contributed by atoms with van der Waals surface area (Å²) in [6.07, 6.45) is 0. The zero-order valence-electron chi connectivity index (χ0n) is 10.6. The summed E-state index contributed by atoms with van der Waals surface area (Å²) >= 11 is 9.48. The van der Waals surface area contributed by atoms with Crippen LogP contribution in [0.2, 0.25) is 5.02 Å². The SMILES string of the molecule is Cc1cc(NC(=O)c2ccccc2Cl)c(C)cc1Br. The summed E-state index contributed by atoms with van der Waals surface area (Å²) in [6, 6.07) is 10.9. The topological polar surface area (TPSA) is 29.1 Å². The van der Waals surface area contributed by atoms with Crippen molar-refractivity contribution < 1.29 is 4.79 Å². The van der Waals surface area contributed by atoms with Crippen molar-refractivity contribution in [1.82, 2.24) is 0 Å². The highest BCUT2D eigenvalue weighted by molar-refractivity contribution is 9.10. The monoisotopic (exact) mass is 337 g/mol. The molecular formula is C15H13BrClNO. The van der Waals surface area contributed by atoms with Gasteiger partial charge in [-0.25, -0.2) is 0 Å². The Labute approximate surface area is 125 Å². The molecular weight excluding hydrogens is 326 g/mol. The number of hydrogen-bond acceptors (Lipinski definition) is 1.